The number of aromatic nitrogens is 1. The predicted molar refractivity (Wildman–Crippen MR) is 103 cm³/mol. The molecule has 0 saturated heterocycles. The van der Waals surface area contributed by atoms with Crippen molar-refractivity contribution in [2.45, 2.75) is 42.4 Å². The van der Waals surface area contributed by atoms with Crippen molar-refractivity contribution in [3.8, 4) is 11.3 Å². The molecule has 5 rings (SSSR count). The number of nitrogens with one attached hydrogen (secondary N) is 1. The van der Waals surface area contributed by atoms with Crippen LogP contribution in [-0.4, -0.2) is 13.4 Å². The number of hydrogen-bond donors (Lipinski definition) is 1. The lowest BCUT2D eigenvalue weighted by Gasteiger charge is -2.09. The molecule has 1 N–H and O–H groups in total. The van der Waals surface area contributed by atoms with Crippen molar-refractivity contribution >= 4 is 15.7 Å². The van der Waals surface area contributed by atoms with Crippen molar-refractivity contribution in [1.29, 1.82) is 0 Å². The molecule has 138 valence electrons. The first-order valence-corrected chi connectivity index (χ1v) is 10.8. The lowest BCUT2D eigenvalue weighted by Crippen LogP contribution is -2.12. The number of rotatable bonds is 6. The molecule has 2 fully saturated rings. The Bertz CT molecular complexity index is 1060. The summed E-state index contributed by atoms with van der Waals surface area (Å²) in [7, 11) is -3.62. The van der Waals surface area contributed by atoms with E-state index in [1.54, 1.807) is 30.5 Å². The largest absolute Gasteiger partial charge is 0.440 e. The summed E-state index contributed by atoms with van der Waals surface area (Å²) >= 11 is 0. The van der Waals surface area contributed by atoms with Gasteiger partial charge in [0, 0.05) is 17.2 Å². The molecule has 0 radical (unpaired) electrons. The smallest absolute Gasteiger partial charge is 0.261 e. The molecule has 0 unspecified atom stereocenters. The fourth-order valence-electron chi connectivity index (χ4n) is 3.19. The molecule has 6 heteroatoms. The van der Waals surface area contributed by atoms with Crippen LogP contribution in [0, 0.1) is 0 Å². The van der Waals surface area contributed by atoms with Crippen LogP contribution in [0.4, 0.5) is 5.69 Å². The minimum Gasteiger partial charge on any atom is -0.440 e. The highest BCUT2D eigenvalue weighted by Gasteiger charge is 2.28. The van der Waals surface area contributed by atoms with E-state index in [1.807, 2.05) is 24.3 Å². The molecule has 27 heavy (non-hydrogen) atoms. The monoisotopic (exact) mass is 380 g/mol. The molecule has 1 aromatic heterocycles. The van der Waals surface area contributed by atoms with Gasteiger partial charge >= 0.3 is 0 Å². The quantitative estimate of drug-likeness (QED) is 0.660. The molecule has 1 heterocycles. The number of anilines is 1. The summed E-state index contributed by atoms with van der Waals surface area (Å²) in [6, 6.07) is 14.3. The van der Waals surface area contributed by atoms with Crippen LogP contribution in [0.15, 0.2) is 64.0 Å². The van der Waals surface area contributed by atoms with Crippen LogP contribution in [-0.2, 0) is 10.0 Å². The zero-order valence-corrected chi connectivity index (χ0v) is 15.6. The molecule has 5 nitrogen and oxygen atoms in total. The van der Waals surface area contributed by atoms with Crippen LogP contribution in [0.5, 0.6) is 0 Å². The van der Waals surface area contributed by atoms with Crippen LogP contribution in [0.25, 0.3) is 11.3 Å². The maximum absolute atomic E-state index is 12.6. The third-order valence-corrected chi connectivity index (χ3v) is 6.51. The van der Waals surface area contributed by atoms with Crippen molar-refractivity contribution in [3.63, 3.8) is 0 Å². The number of nitrogens with zero attached hydrogens (tertiary/aromatic N) is 1. The average molecular weight is 380 g/mol. The van der Waals surface area contributed by atoms with Crippen molar-refractivity contribution < 1.29 is 12.8 Å². The molecular formula is C21H20N2O3S. The zero-order chi connectivity index (χ0) is 18.4. The van der Waals surface area contributed by atoms with Crippen molar-refractivity contribution in [1.82, 2.24) is 4.98 Å². The van der Waals surface area contributed by atoms with E-state index in [4.69, 9.17) is 4.42 Å². The molecule has 2 aromatic carbocycles. The standard InChI is InChI=1S/C21H20N2O3S/c24-27(25,23-18-9-5-15(6-10-18)14-1-2-14)19-11-7-16(8-12-19)20-13-22-21(26-20)17-3-4-17/h5-14,17,23H,1-4H2. The highest BCUT2D eigenvalue weighted by molar-refractivity contribution is 7.92. The Balaban J connectivity index is 1.33. The molecule has 2 aliphatic rings. The fourth-order valence-corrected chi connectivity index (χ4v) is 4.25. The summed E-state index contributed by atoms with van der Waals surface area (Å²) in [6.45, 7) is 0. The van der Waals surface area contributed by atoms with E-state index in [1.165, 1.54) is 18.4 Å². The van der Waals surface area contributed by atoms with Gasteiger partial charge in [-0.05, 0) is 73.6 Å². The lowest BCUT2D eigenvalue weighted by molar-refractivity contribution is 0.509. The molecule has 3 aromatic rings. The normalized spacial score (nSPS) is 17.0. The van der Waals surface area contributed by atoms with Crippen LogP contribution in [0.3, 0.4) is 0 Å². The Hall–Kier alpha value is -2.60. The number of oxazole rings is 1. The minimum atomic E-state index is -3.62. The van der Waals surface area contributed by atoms with Crippen molar-refractivity contribution in [3.05, 3.63) is 66.2 Å². The van der Waals surface area contributed by atoms with E-state index in [0.717, 1.165) is 24.3 Å². The number of sulfonamides is 1. The van der Waals surface area contributed by atoms with Gasteiger partial charge < -0.3 is 4.42 Å². The Morgan fingerprint density at radius 3 is 2.19 bits per heavy atom. The SMILES string of the molecule is O=S(=O)(Nc1ccc(C2CC2)cc1)c1ccc(-c2cnc(C3CC3)o2)cc1. The van der Waals surface area contributed by atoms with Gasteiger partial charge in [0.05, 0.1) is 11.1 Å². The lowest BCUT2D eigenvalue weighted by atomic mass is 10.1. The summed E-state index contributed by atoms with van der Waals surface area (Å²) in [4.78, 5) is 4.53. The molecule has 2 aliphatic carbocycles. The maximum atomic E-state index is 12.6. The van der Waals surface area contributed by atoms with E-state index in [2.05, 4.69) is 9.71 Å². The van der Waals surface area contributed by atoms with E-state index >= 15 is 0 Å². The molecule has 0 bridgehead atoms. The molecule has 0 atom stereocenters. The van der Waals surface area contributed by atoms with Gasteiger partial charge in [-0.15, -0.1) is 0 Å². The van der Waals surface area contributed by atoms with Crippen molar-refractivity contribution in [2.24, 2.45) is 0 Å². The number of hydrogen-bond acceptors (Lipinski definition) is 4. The van der Waals surface area contributed by atoms with E-state index in [0.29, 0.717) is 23.3 Å². The summed E-state index contributed by atoms with van der Waals surface area (Å²) in [6.07, 6.45) is 6.42. The van der Waals surface area contributed by atoms with Gasteiger partial charge in [-0.2, -0.15) is 0 Å². The zero-order valence-electron chi connectivity index (χ0n) is 14.8. The molecule has 0 amide bonds. The molecule has 0 aliphatic heterocycles. The average Bonchev–Trinajstić information content (AvgIpc) is 3.61. The Kier molecular flexibility index (Phi) is 3.82. The van der Waals surface area contributed by atoms with E-state index in [9.17, 15) is 8.42 Å². The van der Waals surface area contributed by atoms with Gasteiger partial charge in [-0.25, -0.2) is 13.4 Å². The highest BCUT2D eigenvalue weighted by Crippen LogP contribution is 2.41. The first-order chi connectivity index (χ1) is 13.1. The molecule has 2 saturated carbocycles. The summed E-state index contributed by atoms with van der Waals surface area (Å²) < 4.78 is 33.7. The van der Waals surface area contributed by atoms with Gasteiger partial charge in [-0.3, -0.25) is 4.72 Å². The minimum absolute atomic E-state index is 0.222. The van der Waals surface area contributed by atoms with E-state index < -0.39 is 10.0 Å². The van der Waals surface area contributed by atoms with Gasteiger partial charge in [0.2, 0.25) is 0 Å². The second-order valence-electron chi connectivity index (χ2n) is 7.36. The van der Waals surface area contributed by atoms with E-state index in [-0.39, 0.29) is 4.90 Å². The first-order valence-electron chi connectivity index (χ1n) is 9.27. The van der Waals surface area contributed by atoms with Gasteiger partial charge in [0.25, 0.3) is 10.0 Å². The summed E-state index contributed by atoms with van der Waals surface area (Å²) in [5, 5.41) is 0. The Labute approximate surface area is 158 Å². The number of benzene rings is 2. The topological polar surface area (TPSA) is 72.2 Å². The molecule has 0 spiro atoms. The summed E-state index contributed by atoms with van der Waals surface area (Å²) in [5.41, 5.74) is 2.68. The Morgan fingerprint density at radius 1 is 0.889 bits per heavy atom. The Morgan fingerprint density at radius 2 is 1.56 bits per heavy atom. The summed E-state index contributed by atoms with van der Waals surface area (Å²) in [5.74, 6) is 2.55. The highest BCUT2D eigenvalue weighted by atomic mass is 32.2. The van der Waals surface area contributed by atoms with Crippen molar-refractivity contribution in [2.75, 3.05) is 4.72 Å². The van der Waals surface area contributed by atoms with Crippen LogP contribution in [0.2, 0.25) is 0 Å². The van der Waals surface area contributed by atoms with Crippen LogP contribution < -0.4 is 4.72 Å². The third kappa shape index (κ3) is 3.49. The van der Waals surface area contributed by atoms with Crippen LogP contribution >= 0.6 is 0 Å². The van der Waals surface area contributed by atoms with Crippen LogP contribution in [0.1, 0.15) is 49.0 Å². The fraction of sp³-hybridized carbons (Fsp3) is 0.286. The first kappa shape index (κ1) is 16.6. The predicted octanol–water partition coefficient (Wildman–Crippen LogP) is 4.90. The van der Waals surface area contributed by atoms with Gasteiger partial charge in [0.1, 0.15) is 0 Å². The maximum Gasteiger partial charge on any atom is 0.261 e. The molecular weight excluding hydrogens is 360 g/mol. The second kappa shape index (κ2) is 6.23. The second-order valence-corrected chi connectivity index (χ2v) is 9.05. The van der Waals surface area contributed by atoms with Gasteiger partial charge in [-0.1, -0.05) is 12.1 Å². The van der Waals surface area contributed by atoms with Gasteiger partial charge in [0.15, 0.2) is 11.7 Å². The third-order valence-electron chi connectivity index (χ3n) is 5.11.